The molecule has 1 aliphatic heterocycles. The molecule has 0 radical (unpaired) electrons. The number of carbonyl (C=O) groups is 5. The van der Waals surface area contributed by atoms with Crippen LogP contribution in [-0.4, -0.2) is 91.8 Å². The molecular formula is C39H51N7O7. The van der Waals surface area contributed by atoms with E-state index in [-0.39, 0.29) is 25.3 Å². The van der Waals surface area contributed by atoms with Gasteiger partial charge in [0.15, 0.2) is 0 Å². The van der Waals surface area contributed by atoms with E-state index < -0.39 is 64.8 Å². The number of nitrogens with one attached hydrogen (secondary N) is 2. The first-order chi connectivity index (χ1) is 25.3. The third-order valence-corrected chi connectivity index (χ3v) is 11.4. The molecule has 2 aromatic carbocycles. The number of likely N-dealkylation sites (tertiary alicyclic amines) is 1. The summed E-state index contributed by atoms with van der Waals surface area (Å²) >= 11 is 0. The topological polar surface area (TPSA) is 199 Å². The molecule has 5 N–H and O–H groups in total. The van der Waals surface area contributed by atoms with Crippen LogP contribution in [0.4, 0.5) is 0 Å². The number of ketones is 1. The summed E-state index contributed by atoms with van der Waals surface area (Å²) in [5.74, 6) is -3.45. The minimum absolute atomic E-state index is 0.0777. The van der Waals surface area contributed by atoms with Crippen molar-refractivity contribution in [1.29, 1.82) is 0 Å². The molecular weight excluding hydrogens is 678 g/mol. The maximum Gasteiger partial charge on any atom is 0.287 e. The molecule has 0 unspecified atom stereocenters. The normalized spacial score (nSPS) is 22.6. The number of aromatic nitrogens is 3. The highest BCUT2D eigenvalue weighted by atomic mass is 16.5. The van der Waals surface area contributed by atoms with Gasteiger partial charge in [-0.1, -0.05) is 86.9 Å². The van der Waals surface area contributed by atoms with E-state index in [4.69, 9.17) is 10.5 Å². The van der Waals surface area contributed by atoms with Crippen molar-refractivity contribution in [3.05, 3.63) is 59.9 Å². The Morgan fingerprint density at radius 1 is 1.00 bits per heavy atom. The second-order valence-corrected chi connectivity index (χ2v) is 15.5. The van der Waals surface area contributed by atoms with E-state index in [0.29, 0.717) is 30.5 Å². The molecule has 6 rings (SSSR count). The minimum Gasteiger partial charge on any atom is -0.384 e. The average molecular weight is 730 g/mol. The smallest absolute Gasteiger partial charge is 0.287 e. The number of hydrogen-bond donors (Lipinski definition) is 4. The van der Waals surface area contributed by atoms with Gasteiger partial charge in [0.05, 0.1) is 11.9 Å². The number of benzene rings is 2. The zero-order valence-electron chi connectivity index (χ0n) is 30.8. The van der Waals surface area contributed by atoms with Gasteiger partial charge in [-0.3, -0.25) is 24.0 Å². The molecule has 3 fully saturated rings. The Hall–Kier alpha value is -4.69. The number of nitrogens with two attached hydrogens (primary N) is 1. The highest BCUT2D eigenvalue weighted by Crippen LogP contribution is 2.37. The third kappa shape index (κ3) is 7.98. The van der Waals surface area contributed by atoms with Crippen LogP contribution in [0.25, 0.3) is 10.8 Å². The first kappa shape index (κ1) is 38.0. The van der Waals surface area contributed by atoms with Gasteiger partial charge in [0.25, 0.3) is 11.8 Å². The maximum atomic E-state index is 15.0. The Kier molecular flexibility index (Phi) is 11.3. The molecule has 14 heteroatoms. The lowest BCUT2D eigenvalue weighted by atomic mass is 9.78. The quantitative estimate of drug-likeness (QED) is 0.202. The number of primary amides is 1. The van der Waals surface area contributed by atoms with Crippen LogP contribution < -0.4 is 16.4 Å². The van der Waals surface area contributed by atoms with Gasteiger partial charge in [-0.05, 0) is 61.9 Å². The summed E-state index contributed by atoms with van der Waals surface area (Å²) in [5, 5.41) is 27.1. The molecule has 0 spiro atoms. The fourth-order valence-electron chi connectivity index (χ4n) is 8.61. The lowest BCUT2D eigenvalue weighted by molar-refractivity contribution is -0.147. The SMILES string of the molecule is CO[C@@H]1[C@@H](C(=O)NC2(C(=O)C(N)=O)CCCCC2)N(C(=O)[C@@H](CC2CCCCC2)NC(=O)c2ccc3ccccc3c2)C[C@H]1n1nncc1C(C)(C)O. The fraction of sp³-hybridized carbons (Fsp3) is 0.564. The van der Waals surface area contributed by atoms with Gasteiger partial charge >= 0.3 is 0 Å². The van der Waals surface area contributed by atoms with Crippen molar-refractivity contribution in [1.82, 2.24) is 30.5 Å². The number of ether oxygens (including phenoxy) is 1. The zero-order valence-corrected chi connectivity index (χ0v) is 30.8. The van der Waals surface area contributed by atoms with E-state index in [2.05, 4.69) is 20.9 Å². The number of hydrogen-bond acceptors (Lipinski definition) is 9. The summed E-state index contributed by atoms with van der Waals surface area (Å²) in [5.41, 5.74) is 3.33. The van der Waals surface area contributed by atoms with Gasteiger partial charge in [0.2, 0.25) is 17.6 Å². The Balaban J connectivity index is 1.38. The van der Waals surface area contributed by atoms with Gasteiger partial charge in [-0.2, -0.15) is 0 Å². The predicted molar refractivity (Wildman–Crippen MR) is 195 cm³/mol. The second kappa shape index (κ2) is 15.7. The van der Waals surface area contributed by atoms with Crippen molar-refractivity contribution in [2.24, 2.45) is 11.7 Å². The van der Waals surface area contributed by atoms with E-state index in [1.165, 1.54) is 22.9 Å². The fourth-order valence-corrected chi connectivity index (χ4v) is 8.61. The van der Waals surface area contributed by atoms with Crippen LogP contribution in [0.15, 0.2) is 48.7 Å². The predicted octanol–water partition coefficient (Wildman–Crippen LogP) is 3.07. The van der Waals surface area contributed by atoms with Gasteiger partial charge < -0.3 is 31.1 Å². The average Bonchev–Trinajstić information content (AvgIpc) is 3.80. The highest BCUT2D eigenvalue weighted by Gasteiger charge is 2.54. The van der Waals surface area contributed by atoms with E-state index >= 15 is 4.79 Å². The minimum atomic E-state index is -1.52. The standard InChI is InChI=1S/C39H51N7O7/c1-38(2,52)30-22-41-44-46(30)29-23-45(31(32(29)53-3)36(50)43-39(33(47)34(40)48)18-10-5-11-19-39)37(51)28(20-24-12-6-4-7-13-24)42-35(49)27-17-16-25-14-8-9-15-26(25)21-27/h8-9,14-17,21-22,24,28-29,31-32,52H,4-7,10-13,18-20,23H2,1-3H3,(H2,40,48)(H,42,49)(H,43,50)/t28-,29-,31+,32+/m1/s1. The number of rotatable bonds is 12. The van der Waals surface area contributed by atoms with Crippen molar-refractivity contribution in [2.45, 2.75) is 120 Å². The number of aliphatic hydroxyl groups is 1. The molecule has 1 aromatic heterocycles. The first-order valence-corrected chi connectivity index (χ1v) is 18.7. The van der Waals surface area contributed by atoms with Crippen molar-refractivity contribution < 1.29 is 33.8 Å². The molecule has 3 aromatic rings. The molecule has 0 bridgehead atoms. The number of amides is 4. The largest absolute Gasteiger partial charge is 0.384 e. The van der Waals surface area contributed by atoms with Crippen LogP contribution in [0.5, 0.6) is 0 Å². The first-order valence-electron chi connectivity index (χ1n) is 18.7. The lowest BCUT2D eigenvalue weighted by Crippen LogP contribution is -2.64. The molecule has 3 aliphatic rings. The summed E-state index contributed by atoms with van der Waals surface area (Å²) in [6, 6.07) is 9.99. The van der Waals surface area contributed by atoms with Crippen LogP contribution in [-0.2, 0) is 29.5 Å². The molecule has 284 valence electrons. The summed E-state index contributed by atoms with van der Waals surface area (Å²) in [6.45, 7) is 3.08. The highest BCUT2D eigenvalue weighted by molar-refractivity contribution is 6.39. The Morgan fingerprint density at radius 2 is 1.68 bits per heavy atom. The lowest BCUT2D eigenvalue weighted by Gasteiger charge is -2.38. The van der Waals surface area contributed by atoms with Gasteiger partial charge in [-0.25, -0.2) is 4.68 Å². The van der Waals surface area contributed by atoms with Crippen molar-refractivity contribution >= 4 is 40.2 Å². The summed E-state index contributed by atoms with van der Waals surface area (Å²) in [6.07, 6.45) is 8.22. The van der Waals surface area contributed by atoms with Crippen LogP contribution in [0.3, 0.4) is 0 Å². The van der Waals surface area contributed by atoms with Crippen molar-refractivity contribution in [2.75, 3.05) is 13.7 Å². The van der Waals surface area contributed by atoms with E-state index in [1.807, 2.05) is 30.3 Å². The van der Waals surface area contributed by atoms with Crippen LogP contribution in [0.1, 0.15) is 107 Å². The number of methoxy groups -OCH3 is 1. The zero-order chi connectivity index (χ0) is 37.9. The third-order valence-electron chi connectivity index (χ3n) is 11.4. The molecule has 2 saturated carbocycles. The Morgan fingerprint density at radius 3 is 2.34 bits per heavy atom. The molecule has 14 nitrogen and oxygen atoms in total. The maximum absolute atomic E-state index is 15.0. The van der Waals surface area contributed by atoms with Crippen LogP contribution >= 0.6 is 0 Å². The van der Waals surface area contributed by atoms with Crippen molar-refractivity contribution in [3.8, 4) is 0 Å². The van der Waals surface area contributed by atoms with E-state index in [9.17, 15) is 24.3 Å². The van der Waals surface area contributed by atoms with E-state index in [0.717, 1.165) is 49.3 Å². The number of Topliss-reactive ketones (excluding diaryl/α,β-unsaturated/α-hetero) is 1. The van der Waals surface area contributed by atoms with Gasteiger partial charge in [0, 0.05) is 19.2 Å². The number of fused-ring (bicyclic) bond motifs is 1. The Bertz CT molecular complexity index is 1840. The molecule has 1 saturated heterocycles. The number of carbonyl (C=O) groups excluding carboxylic acids is 5. The molecule has 4 atom stereocenters. The molecule has 53 heavy (non-hydrogen) atoms. The van der Waals surface area contributed by atoms with Gasteiger partial charge in [0.1, 0.15) is 35.4 Å². The van der Waals surface area contributed by atoms with E-state index in [1.54, 1.807) is 26.0 Å². The van der Waals surface area contributed by atoms with Gasteiger partial charge in [-0.15, -0.1) is 5.10 Å². The summed E-state index contributed by atoms with van der Waals surface area (Å²) in [7, 11) is 1.42. The second-order valence-electron chi connectivity index (χ2n) is 15.5. The van der Waals surface area contributed by atoms with Crippen LogP contribution in [0.2, 0.25) is 0 Å². The monoisotopic (exact) mass is 729 g/mol. The molecule has 4 amide bonds. The molecule has 2 heterocycles. The summed E-state index contributed by atoms with van der Waals surface area (Å²) in [4.78, 5) is 70.6. The number of nitrogens with zero attached hydrogens (tertiary/aromatic N) is 4. The van der Waals surface area contributed by atoms with Crippen LogP contribution in [0, 0.1) is 5.92 Å². The Labute approximate surface area is 309 Å². The van der Waals surface area contributed by atoms with Crippen molar-refractivity contribution in [3.63, 3.8) is 0 Å². The summed E-state index contributed by atoms with van der Waals surface area (Å²) < 4.78 is 7.46. The molecule has 2 aliphatic carbocycles.